The number of carbonyl (C=O) groups excluding carboxylic acids is 1. The van der Waals surface area contributed by atoms with Crippen molar-refractivity contribution in [3.05, 3.63) is 70.9 Å². The lowest BCUT2D eigenvalue weighted by Gasteiger charge is -2.17. The van der Waals surface area contributed by atoms with E-state index in [4.69, 9.17) is 4.74 Å². The van der Waals surface area contributed by atoms with Crippen molar-refractivity contribution in [3.8, 4) is 16.9 Å². The second-order valence-corrected chi connectivity index (χ2v) is 8.51. The average molecular weight is 448 g/mol. The summed E-state index contributed by atoms with van der Waals surface area (Å²) in [5, 5.41) is 6.72. The summed E-state index contributed by atoms with van der Waals surface area (Å²) in [4.78, 5) is 21.2. The van der Waals surface area contributed by atoms with Crippen LogP contribution in [0.2, 0.25) is 0 Å². The molecule has 0 amide bonds. The molecule has 0 aliphatic heterocycles. The van der Waals surface area contributed by atoms with Gasteiger partial charge in [0.2, 0.25) is 0 Å². The molecule has 4 rings (SSSR count). The first-order valence-corrected chi connectivity index (χ1v) is 11.2. The molecule has 0 spiro atoms. The number of rotatable bonds is 7. The summed E-state index contributed by atoms with van der Waals surface area (Å²) in [5.74, 6) is 1.01. The standard InChI is InChI=1S/C25H25N3O3S/c1-15-5-6-19(11-16(15)2)21-13-32-25-23(21)24(26-14-27-25)28-17(3)18-7-9-20(10-8-18)31-12-22(29)30-4/h5-11,13-14,17H,12H2,1-4H3,(H,26,27,28). The van der Waals surface area contributed by atoms with Crippen molar-refractivity contribution >= 4 is 33.3 Å². The van der Waals surface area contributed by atoms with Crippen LogP contribution in [0.1, 0.15) is 29.7 Å². The maximum Gasteiger partial charge on any atom is 0.343 e. The predicted octanol–water partition coefficient (Wildman–Crippen LogP) is 5.70. The van der Waals surface area contributed by atoms with Gasteiger partial charge in [-0.25, -0.2) is 14.8 Å². The molecule has 0 fully saturated rings. The average Bonchev–Trinajstić information content (AvgIpc) is 3.25. The van der Waals surface area contributed by atoms with E-state index in [1.165, 1.54) is 18.2 Å². The van der Waals surface area contributed by atoms with Gasteiger partial charge in [-0.2, -0.15) is 0 Å². The summed E-state index contributed by atoms with van der Waals surface area (Å²) >= 11 is 1.62. The van der Waals surface area contributed by atoms with Crippen LogP contribution in [-0.4, -0.2) is 29.7 Å². The quantitative estimate of drug-likeness (QED) is 0.366. The lowest BCUT2D eigenvalue weighted by atomic mass is 10.0. The molecule has 0 aliphatic rings. The molecule has 1 unspecified atom stereocenters. The Morgan fingerprint density at radius 3 is 2.59 bits per heavy atom. The number of nitrogens with one attached hydrogen (secondary N) is 1. The van der Waals surface area contributed by atoms with Crippen molar-refractivity contribution in [1.29, 1.82) is 0 Å². The van der Waals surface area contributed by atoms with Gasteiger partial charge in [0.1, 0.15) is 22.7 Å². The highest BCUT2D eigenvalue weighted by Crippen LogP contribution is 2.38. The van der Waals surface area contributed by atoms with Crippen LogP contribution in [0.5, 0.6) is 5.75 Å². The maximum atomic E-state index is 11.2. The highest BCUT2D eigenvalue weighted by Gasteiger charge is 2.16. The van der Waals surface area contributed by atoms with E-state index in [2.05, 4.69) is 64.4 Å². The molecule has 0 saturated carbocycles. The summed E-state index contributed by atoms with van der Waals surface area (Å²) in [6.45, 7) is 6.22. The Labute approximate surface area is 191 Å². The zero-order chi connectivity index (χ0) is 22.7. The molecule has 164 valence electrons. The highest BCUT2D eigenvalue weighted by molar-refractivity contribution is 7.17. The Morgan fingerprint density at radius 1 is 1.09 bits per heavy atom. The topological polar surface area (TPSA) is 73.3 Å². The molecule has 0 radical (unpaired) electrons. The summed E-state index contributed by atoms with van der Waals surface area (Å²) < 4.78 is 10.0. The fourth-order valence-corrected chi connectivity index (χ4v) is 4.36. The second-order valence-electron chi connectivity index (χ2n) is 7.65. The van der Waals surface area contributed by atoms with Crippen molar-refractivity contribution < 1.29 is 14.3 Å². The van der Waals surface area contributed by atoms with Gasteiger partial charge in [-0.05, 0) is 55.2 Å². The molecule has 2 aromatic carbocycles. The van der Waals surface area contributed by atoms with Gasteiger partial charge in [0.15, 0.2) is 6.61 Å². The molecule has 6 nitrogen and oxygen atoms in total. The number of fused-ring (bicyclic) bond motifs is 1. The van der Waals surface area contributed by atoms with Crippen molar-refractivity contribution in [2.45, 2.75) is 26.8 Å². The third-order valence-electron chi connectivity index (χ3n) is 5.51. The summed E-state index contributed by atoms with van der Waals surface area (Å²) in [5.41, 5.74) is 5.91. The van der Waals surface area contributed by atoms with Crippen molar-refractivity contribution in [3.63, 3.8) is 0 Å². The van der Waals surface area contributed by atoms with E-state index < -0.39 is 5.97 Å². The number of hydrogen-bond donors (Lipinski definition) is 1. The molecule has 1 N–H and O–H groups in total. The monoisotopic (exact) mass is 447 g/mol. The number of thiophene rings is 1. The van der Waals surface area contributed by atoms with Gasteiger partial charge in [-0.15, -0.1) is 11.3 Å². The van der Waals surface area contributed by atoms with Gasteiger partial charge in [-0.1, -0.05) is 30.3 Å². The van der Waals surface area contributed by atoms with E-state index in [1.807, 2.05) is 24.3 Å². The molecule has 0 aliphatic carbocycles. The van der Waals surface area contributed by atoms with E-state index >= 15 is 0 Å². The number of aryl methyl sites for hydroxylation is 2. The van der Waals surface area contributed by atoms with E-state index in [1.54, 1.807) is 17.7 Å². The first-order valence-electron chi connectivity index (χ1n) is 10.3. The number of methoxy groups -OCH3 is 1. The van der Waals surface area contributed by atoms with Gasteiger partial charge >= 0.3 is 5.97 Å². The van der Waals surface area contributed by atoms with Crippen LogP contribution in [0.3, 0.4) is 0 Å². The largest absolute Gasteiger partial charge is 0.482 e. The predicted molar refractivity (Wildman–Crippen MR) is 128 cm³/mol. The summed E-state index contributed by atoms with van der Waals surface area (Å²) in [7, 11) is 1.34. The highest BCUT2D eigenvalue weighted by atomic mass is 32.1. The van der Waals surface area contributed by atoms with Gasteiger partial charge < -0.3 is 14.8 Å². The number of carbonyl (C=O) groups is 1. The number of aromatic nitrogens is 2. The Hall–Kier alpha value is -3.45. The minimum atomic E-state index is -0.410. The first-order chi connectivity index (χ1) is 15.5. The minimum Gasteiger partial charge on any atom is -0.482 e. The van der Waals surface area contributed by atoms with Crippen LogP contribution < -0.4 is 10.1 Å². The third kappa shape index (κ3) is 4.57. The van der Waals surface area contributed by atoms with Crippen molar-refractivity contribution in [1.82, 2.24) is 9.97 Å². The normalized spacial score (nSPS) is 11.9. The molecular weight excluding hydrogens is 422 g/mol. The molecule has 2 aromatic heterocycles. The molecule has 32 heavy (non-hydrogen) atoms. The molecule has 7 heteroatoms. The van der Waals surface area contributed by atoms with Crippen LogP contribution in [-0.2, 0) is 9.53 Å². The van der Waals surface area contributed by atoms with E-state index in [9.17, 15) is 4.79 Å². The Kier molecular flexibility index (Phi) is 6.37. The summed E-state index contributed by atoms with van der Waals surface area (Å²) in [6, 6.07) is 14.2. The van der Waals surface area contributed by atoms with Gasteiger partial charge in [0.05, 0.1) is 12.5 Å². The van der Waals surface area contributed by atoms with Crippen LogP contribution in [0.4, 0.5) is 5.82 Å². The molecule has 0 bridgehead atoms. The van der Waals surface area contributed by atoms with Crippen LogP contribution in [0.25, 0.3) is 21.3 Å². The van der Waals surface area contributed by atoms with Crippen LogP contribution in [0, 0.1) is 13.8 Å². The molecule has 4 aromatic rings. The van der Waals surface area contributed by atoms with Gasteiger partial charge in [-0.3, -0.25) is 0 Å². The number of nitrogens with zero attached hydrogens (tertiary/aromatic N) is 2. The number of ether oxygens (including phenoxy) is 2. The lowest BCUT2D eigenvalue weighted by Crippen LogP contribution is -2.12. The number of hydrogen-bond acceptors (Lipinski definition) is 7. The van der Waals surface area contributed by atoms with Gasteiger partial charge in [0.25, 0.3) is 0 Å². The van der Waals surface area contributed by atoms with Crippen molar-refractivity contribution in [2.24, 2.45) is 0 Å². The van der Waals surface area contributed by atoms with E-state index in [0.717, 1.165) is 32.7 Å². The van der Waals surface area contributed by atoms with E-state index in [-0.39, 0.29) is 12.6 Å². The SMILES string of the molecule is COC(=O)COc1ccc(C(C)Nc2ncnc3scc(-c4ccc(C)c(C)c4)c23)cc1. The second kappa shape index (κ2) is 9.36. The molecule has 1 atom stereocenters. The summed E-state index contributed by atoms with van der Waals surface area (Å²) in [6.07, 6.45) is 1.60. The zero-order valence-electron chi connectivity index (χ0n) is 18.5. The Morgan fingerprint density at radius 2 is 1.88 bits per heavy atom. The Bertz CT molecular complexity index is 1250. The van der Waals surface area contributed by atoms with Crippen molar-refractivity contribution in [2.75, 3.05) is 19.0 Å². The number of benzene rings is 2. The van der Waals surface area contributed by atoms with Crippen LogP contribution >= 0.6 is 11.3 Å². The maximum absolute atomic E-state index is 11.2. The Balaban J connectivity index is 1.58. The smallest absolute Gasteiger partial charge is 0.343 e. The number of esters is 1. The molecule has 2 heterocycles. The van der Waals surface area contributed by atoms with Gasteiger partial charge in [0, 0.05) is 17.0 Å². The number of anilines is 1. The third-order valence-corrected chi connectivity index (χ3v) is 6.39. The fourth-order valence-electron chi connectivity index (χ4n) is 3.45. The minimum absolute atomic E-state index is 0.00950. The first kappa shape index (κ1) is 21.8. The van der Waals surface area contributed by atoms with E-state index in [0.29, 0.717) is 5.75 Å². The lowest BCUT2D eigenvalue weighted by molar-refractivity contribution is -0.142. The molecule has 0 saturated heterocycles. The zero-order valence-corrected chi connectivity index (χ0v) is 19.3. The van der Waals surface area contributed by atoms with Crippen LogP contribution in [0.15, 0.2) is 54.2 Å². The molecular formula is C25H25N3O3S. The fraction of sp³-hybridized carbons (Fsp3) is 0.240.